The molecule has 0 unspecified atom stereocenters. The maximum absolute atomic E-state index is 6.64. The number of hydrazone groups is 1. The molecule has 0 aliphatic carbocycles. The van der Waals surface area contributed by atoms with Gasteiger partial charge < -0.3 is 5.32 Å². The molecule has 0 heterocycles. The predicted octanol–water partition coefficient (Wildman–Crippen LogP) is 5.64. The summed E-state index contributed by atoms with van der Waals surface area (Å²) < 4.78 is 0. The van der Waals surface area contributed by atoms with E-state index in [4.69, 9.17) is 23.8 Å². The highest BCUT2D eigenvalue weighted by Gasteiger charge is 2.10. The van der Waals surface area contributed by atoms with E-state index in [-0.39, 0.29) is 0 Å². The standard InChI is InChI=1S/C23H18ClN3S/c24-22-19-12-6-4-10-17(19)21(18-11-5-7-13-20(18)22)15-26-27-23(28)25-14-16-8-2-1-3-9-16/h1-13,15H,14H2,(H2,25,27,28). The van der Waals surface area contributed by atoms with Crippen LogP contribution in [0.15, 0.2) is 84.0 Å². The minimum Gasteiger partial charge on any atom is -0.357 e. The summed E-state index contributed by atoms with van der Waals surface area (Å²) in [7, 11) is 0. The van der Waals surface area contributed by atoms with Crippen molar-refractivity contribution in [3.63, 3.8) is 0 Å². The van der Waals surface area contributed by atoms with Crippen LogP contribution < -0.4 is 10.7 Å². The van der Waals surface area contributed by atoms with Crippen LogP contribution in [0.25, 0.3) is 21.5 Å². The molecule has 0 bridgehead atoms. The summed E-state index contributed by atoms with van der Waals surface area (Å²) in [6.07, 6.45) is 1.80. The number of thiocarbonyl (C=S) groups is 1. The zero-order chi connectivity index (χ0) is 19.3. The molecule has 0 aliphatic heterocycles. The number of hydrogen-bond donors (Lipinski definition) is 2. The lowest BCUT2D eigenvalue weighted by Crippen LogP contribution is -2.31. The molecule has 28 heavy (non-hydrogen) atoms. The van der Waals surface area contributed by atoms with E-state index in [1.165, 1.54) is 0 Å². The molecular formula is C23H18ClN3S. The van der Waals surface area contributed by atoms with Crippen molar-refractivity contribution < 1.29 is 0 Å². The lowest BCUT2D eigenvalue weighted by molar-refractivity contribution is 0.869. The van der Waals surface area contributed by atoms with Crippen molar-refractivity contribution in [2.45, 2.75) is 6.54 Å². The molecule has 0 saturated heterocycles. The molecule has 4 rings (SSSR count). The summed E-state index contributed by atoms with van der Waals surface area (Å²) >= 11 is 12.0. The van der Waals surface area contributed by atoms with E-state index in [9.17, 15) is 0 Å². The van der Waals surface area contributed by atoms with Crippen LogP contribution in [0.1, 0.15) is 11.1 Å². The van der Waals surface area contributed by atoms with Crippen LogP contribution in [0.4, 0.5) is 0 Å². The van der Waals surface area contributed by atoms with Gasteiger partial charge in [0.15, 0.2) is 5.11 Å². The molecule has 0 fully saturated rings. The topological polar surface area (TPSA) is 36.4 Å². The van der Waals surface area contributed by atoms with Gasteiger partial charge in [0.2, 0.25) is 0 Å². The zero-order valence-electron chi connectivity index (χ0n) is 15.0. The van der Waals surface area contributed by atoms with E-state index >= 15 is 0 Å². The zero-order valence-corrected chi connectivity index (χ0v) is 16.6. The maximum atomic E-state index is 6.64. The van der Waals surface area contributed by atoms with Crippen molar-refractivity contribution >= 4 is 56.7 Å². The van der Waals surface area contributed by atoms with E-state index in [0.717, 1.165) is 37.7 Å². The Kier molecular flexibility index (Phi) is 5.51. The molecule has 0 radical (unpaired) electrons. The molecule has 0 amide bonds. The Hall–Kier alpha value is -2.95. The van der Waals surface area contributed by atoms with Crippen LogP contribution >= 0.6 is 23.8 Å². The van der Waals surface area contributed by atoms with E-state index in [1.54, 1.807) is 6.21 Å². The van der Waals surface area contributed by atoms with Gasteiger partial charge in [-0.25, -0.2) is 0 Å². The highest BCUT2D eigenvalue weighted by molar-refractivity contribution is 7.80. The molecule has 0 aliphatic rings. The normalized spacial score (nSPS) is 11.2. The van der Waals surface area contributed by atoms with Crippen LogP contribution in [-0.2, 0) is 6.54 Å². The second-order valence-electron chi connectivity index (χ2n) is 6.36. The summed E-state index contributed by atoms with van der Waals surface area (Å²) in [4.78, 5) is 0. The average Bonchev–Trinajstić information content (AvgIpc) is 2.75. The molecule has 138 valence electrons. The van der Waals surface area contributed by atoms with Gasteiger partial charge >= 0.3 is 0 Å². The van der Waals surface area contributed by atoms with Crippen molar-refractivity contribution in [3.8, 4) is 0 Å². The Labute approximate surface area is 174 Å². The van der Waals surface area contributed by atoms with Gasteiger partial charge in [-0.1, -0.05) is 90.5 Å². The Morgan fingerprint density at radius 1 is 0.821 bits per heavy atom. The Morgan fingerprint density at radius 3 is 1.96 bits per heavy atom. The lowest BCUT2D eigenvalue weighted by Gasteiger charge is -2.11. The maximum Gasteiger partial charge on any atom is 0.187 e. The van der Waals surface area contributed by atoms with E-state index in [0.29, 0.717) is 11.7 Å². The fraction of sp³-hybridized carbons (Fsp3) is 0.0435. The van der Waals surface area contributed by atoms with Crippen LogP contribution in [0.2, 0.25) is 5.02 Å². The highest BCUT2D eigenvalue weighted by atomic mass is 35.5. The van der Waals surface area contributed by atoms with Gasteiger partial charge in [0.1, 0.15) is 0 Å². The van der Waals surface area contributed by atoms with Gasteiger partial charge in [0.25, 0.3) is 0 Å². The highest BCUT2D eigenvalue weighted by Crippen LogP contribution is 2.35. The third-order valence-corrected chi connectivity index (χ3v) is 5.21. The first-order valence-electron chi connectivity index (χ1n) is 8.94. The van der Waals surface area contributed by atoms with E-state index in [1.807, 2.05) is 66.7 Å². The third-order valence-electron chi connectivity index (χ3n) is 4.56. The minimum atomic E-state index is 0.475. The fourth-order valence-electron chi connectivity index (χ4n) is 3.22. The number of nitrogens with zero attached hydrogens (tertiary/aromatic N) is 1. The SMILES string of the molecule is S=C(NCc1ccccc1)NN=Cc1c2ccccc2c(Cl)c2ccccc12. The number of halogens is 1. The summed E-state index contributed by atoms with van der Waals surface area (Å²) in [6, 6.07) is 26.2. The van der Waals surface area contributed by atoms with Crippen molar-refractivity contribution in [2.75, 3.05) is 0 Å². The molecule has 0 atom stereocenters. The first-order valence-corrected chi connectivity index (χ1v) is 9.72. The van der Waals surface area contributed by atoms with Gasteiger partial charge in [-0.05, 0) is 28.6 Å². The average molecular weight is 404 g/mol. The van der Waals surface area contributed by atoms with Gasteiger partial charge in [0.05, 0.1) is 11.2 Å². The van der Waals surface area contributed by atoms with Crippen LogP contribution in [0, 0.1) is 0 Å². The van der Waals surface area contributed by atoms with E-state index < -0.39 is 0 Å². The molecule has 0 aromatic heterocycles. The summed E-state index contributed by atoms with van der Waals surface area (Å²) in [6.45, 7) is 0.648. The van der Waals surface area contributed by atoms with E-state index in [2.05, 4.69) is 28.0 Å². The number of fused-ring (bicyclic) bond motifs is 2. The van der Waals surface area contributed by atoms with Crippen LogP contribution in [0.3, 0.4) is 0 Å². The molecule has 3 nitrogen and oxygen atoms in total. The first kappa shape index (κ1) is 18.4. The number of rotatable bonds is 4. The monoisotopic (exact) mass is 403 g/mol. The fourth-order valence-corrected chi connectivity index (χ4v) is 3.68. The number of benzene rings is 4. The van der Waals surface area contributed by atoms with Crippen molar-refractivity contribution in [2.24, 2.45) is 5.10 Å². The van der Waals surface area contributed by atoms with Crippen LogP contribution in [0.5, 0.6) is 0 Å². The predicted molar refractivity (Wildman–Crippen MR) is 123 cm³/mol. The molecule has 0 spiro atoms. The second kappa shape index (κ2) is 8.38. The van der Waals surface area contributed by atoms with Gasteiger partial charge in [-0.3, -0.25) is 5.43 Å². The van der Waals surface area contributed by atoms with Crippen molar-refractivity contribution in [1.82, 2.24) is 10.7 Å². The molecule has 4 aromatic carbocycles. The van der Waals surface area contributed by atoms with Gasteiger partial charge in [-0.2, -0.15) is 5.10 Å². The molecule has 2 N–H and O–H groups in total. The Morgan fingerprint density at radius 2 is 1.36 bits per heavy atom. The van der Waals surface area contributed by atoms with Crippen LogP contribution in [-0.4, -0.2) is 11.3 Å². The van der Waals surface area contributed by atoms with Crippen molar-refractivity contribution in [3.05, 3.63) is 95.0 Å². The number of nitrogens with one attached hydrogen (secondary N) is 2. The lowest BCUT2D eigenvalue weighted by atomic mass is 9.97. The van der Waals surface area contributed by atoms with Gasteiger partial charge in [0, 0.05) is 22.9 Å². The Balaban J connectivity index is 1.58. The molecule has 5 heteroatoms. The Bertz CT molecular complexity index is 1120. The second-order valence-corrected chi connectivity index (χ2v) is 7.14. The van der Waals surface area contributed by atoms with Gasteiger partial charge in [-0.15, -0.1) is 0 Å². The molecule has 4 aromatic rings. The smallest absolute Gasteiger partial charge is 0.187 e. The van der Waals surface area contributed by atoms with Crippen molar-refractivity contribution in [1.29, 1.82) is 0 Å². The number of hydrogen-bond acceptors (Lipinski definition) is 2. The largest absolute Gasteiger partial charge is 0.357 e. The molecular weight excluding hydrogens is 386 g/mol. The first-order chi connectivity index (χ1) is 13.7. The summed E-state index contributed by atoms with van der Waals surface area (Å²) in [5.41, 5.74) is 5.07. The quantitative estimate of drug-likeness (QED) is 0.200. The summed E-state index contributed by atoms with van der Waals surface area (Å²) in [5, 5.41) is 12.9. The third kappa shape index (κ3) is 3.84. The molecule has 0 saturated carbocycles. The summed E-state index contributed by atoms with van der Waals surface area (Å²) in [5.74, 6) is 0. The minimum absolute atomic E-state index is 0.475.